The lowest BCUT2D eigenvalue weighted by Gasteiger charge is -2.36. The monoisotopic (exact) mass is 359 g/mol. The lowest BCUT2D eigenvalue weighted by Crippen LogP contribution is -2.48. The van der Waals surface area contributed by atoms with Crippen LogP contribution in [0, 0.1) is 10.1 Å². The third-order valence-electron chi connectivity index (χ3n) is 4.70. The second-order valence-electron chi connectivity index (χ2n) is 6.36. The van der Waals surface area contributed by atoms with Gasteiger partial charge in [-0.3, -0.25) is 29.4 Å². The fourth-order valence-electron chi connectivity index (χ4n) is 3.12. The number of nitrogens with zero attached hydrogens (tertiary/aromatic N) is 4. The average molecular weight is 359 g/mol. The number of aromatic amines is 1. The van der Waals surface area contributed by atoms with Crippen LogP contribution in [0.25, 0.3) is 0 Å². The van der Waals surface area contributed by atoms with Crippen LogP contribution in [-0.2, 0) is 13.5 Å². The summed E-state index contributed by atoms with van der Waals surface area (Å²) in [6.07, 6.45) is 0.821. The molecule has 0 aliphatic carbocycles. The maximum absolute atomic E-state index is 11.7. The number of benzene rings is 1. The zero-order chi connectivity index (χ0) is 18.7. The number of nitro benzene ring substituents is 1. The van der Waals surface area contributed by atoms with Gasteiger partial charge in [0.1, 0.15) is 5.82 Å². The van der Waals surface area contributed by atoms with Crippen LogP contribution in [0.4, 0.5) is 11.5 Å². The molecule has 0 radical (unpaired) electrons. The van der Waals surface area contributed by atoms with Gasteiger partial charge in [0.2, 0.25) is 0 Å². The molecule has 0 bridgehead atoms. The largest absolute Gasteiger partial charge is 0.355 e. The van der Waals surface area contributed by atoms with Crippen LogP contribution in [0.1, 0.15) is 5.56 Å². The van der Waals surface area contributed by atoms with E-state index in [9.17, 15) is 19.7 Å². The Bertz CT molecular complexity index is 895. The van der Waals surface area contributed by atoms with Crippen LogP contribution in [0.3, 0.4) is 0 Å². The quantitative estimate of drug-likeness (QED) is 0.610. The SMILES string of the molecule is Cn1c(N2CCN(CCc3ccc([N+](=O)[O-])cc3)CC2)cc(=O)[nH]c1=O. The molecule has 1 aromatic heterocycles. The van der Waals surface area contributed by atoms with Crippen LogP contribution in [0.15, 0.2) is 39.9 Å². The Hall–Kier alpha value is -2.94. The molecule has 1 saturated heterocycles. The number of nitro groups is 1. The predicted molar refractivity (Wildman–Crippen MR) is 97.8 cm³/mol. The summed E-state index contributed by atoms with van der Waals surface area (Å²) in [5.74, 6) is 0.633. The highest BCUT2D eigenvalue weighted by Gasteiger charge is 2.19. The average Bonchev–Trinajstić information content (AvgIpc) is 2.64. The Morgan fingerprint density at radius 3 is 2.38 bits per heavy atom. The number of hydrogen-bond donors (Lipinski definition) is 1. The number of non-ortho nitro benzene ring substituents is 1. The van der Waals surface area contributed by atoms with Crippen molar-refractivity contribution in [1.82, 2.24) is 14.5 Å². The molecule has 0 spiro atoms. The van der Waals surface area contributed by atoms with Crippen LogP contribution in [-0.4, -0.2) is 52.1 Å². The van der Waals surface area contributed by atoms with Crippen molar-refractivity contribution in [2.75, 3.05) is 37.6 Å². The van der Waals surface area contributed by atoms with Gasteiger partial charge in [-0.1, -0.05) is 12.1 Å². The van der Waals surface area contributed by atoms with Crippen molar-refractivity contribution in [3.63, 3.8) is 0 Å². The lowest BCUT2D eigenvalue weighted by atomic mass is 10.1. The minimum Gasteiger partial charge on any atom is -0.355 e. The molecule has 26 heavy (non-hydrogen) atoms. The summed E-state index contributed by atoms with van der Waals surface area (Å²) in [6.45, 7) is 3.98. The molecule has 0 unspecified atom stereocenters. The third kappa shape index (κ3) is 3.99. The predicted octanol–water partition coefficient (Wildman–Crippen LogP) is 0.347. The van der Waals surface area contributed by atoms with E-state index >= 15 is 0 Å². The van der Waals surface area contributed by atoms with E-state index in [1.54, 1.807) is 19.2 Å². The van der Waals surface area contributed by atoms with E-state index in [4.69, 9.17) is 0 Å². The van der Waals surface area contributed by atoms with Gasteiger partial charge >= 0.3 is 5.69 Å². The highest BCUT2D eigenvalue weighted by molar-refractivity contribution is 5.38. The van der Waals surface area contributed by atoms with Crippen molar-refractivity contribution < 1.29 is 4.92 Å². The van der Waals surface area contributed by atoms with Crippen LogP contribution >= 0.6 is 0 Å². The van der Waals surface area contributed by atoms with Gasteiger partial charge in [-0.25, -0.2) is 4.79 Å². The van der Waals surface area contributed by atoms with Crippen molar-refractivity contribution in [3.8, 4) is 0 Å². The van der Waals surface area contributed by atoms with Crippen molar-refractivity contribution >= 4 is 11.5 Å². The van der Waals surface area contributed by atoms with Crippen LogP contribution < -0.4 is 16.1 Å². The Morgan fingerprint density at radius 1 is 1.12 bits per heavy atom. The van der Waals surface area contributed by atoms with Crippen molar-refractivity contribution in [3.05, 3.63) is 66.8 Å². The molecule has 1 N–H and O–H groups in total. The summed E-state index contributed by atoms with van der Waals surface area (Å²) in [7, 11) is 1.65. The molecule has 3 rings (SSSR count). The van der Waals surface area contributed by atoms with Gasteiger partial charge in [0.05, 0.1) is 4.92 Å². The standard InChI is InChI=1S/C17H21N5O4/c1-19-16(12-15(23)18-17(19)24)21-10-8-20(9-11-21)7-6-13-2-4-14(5-3-13)22(25)26/h2-5,12H,6-11H2,1H3,(H,18,23,24). The van der Waals surface area contributed by atoms with E-state index in [1.807, 2.05) is 4.90 Å². The fraction of sp³-hybridized carbons (Fsp3) is 0.412. The Labute approximate surface area is 149 Å². The Balaban J connectivity index is 1.55. The molecular weight excluding hydrogens is 338 g/mol. The first-order valence-corrected chi connectivity index (χ1v) is 8.45. The molecule has 138 valence electrons. The van der Waals surface area contributed by atoms with Gasteiger partial charge in [-0.05, 0) is 12.0 Å². The molecule has 1 fully saturated rings. The number of anilines is 1. The molecule has 2 aromatic rings. The van der Waals surface area contributed by atoms with Gasteiger partial charge < -0.3 is 4.90 Å². The van der Waals surface area contributed by atoms with Crippen LogP contribution in [0.2, 0.25) is 0 Å². The highest BCUT2D eigenvalue weighted by atomic mass is 16.6. The first kappa shape index (κ1) is 17.9. The van der Waals surface area contributed by atoms with E-state index in [0.717, 1.165) is 44.7 Å². The zero-order valence-corrected chi connectivity index (χ0v) is 14.6. The maximum Gasteiger partial charge on any atom is 0.329 e. The summed E-state index contributed by atoms with van der Waals surface area (Å²) < 4.78 is 1.45. The molecule has 1 aromatic carbocycles. The Morgan fingerprint density at radius 2 is 1.77 bits per heavy atom. The summed E-state index contributed by atoms with van der Waals surface area (Å²) in [5.41, 5.74) is 0.373. The van der Waals surface area contributed by atoms with Crippen molar-refractivity contribution in [2.45, 2.75) is 6.42 Å². The van der Waals surface area contributed by atoms with E-state index in [1.165, 1.54) is 22.8 Å². The number of hydrogen-bond acceptors (Lipinski definition) is 6. The molecule has 0 amide bonds. The topological polar surface area (TPSA) is 104 Å². The van der Waals surface area contributed by atoms with Gasteiger partial charge in [0, 0.05) is 58.0 Å². The van der Waals surface area contributed by atoms with Crippen LogP contribution in [0.5, 0.6) is 0 Å². The molecule has 9 heteroatoms. The summed E-state index contributed by atoms with van der Waals surface area (Å²) in [6, 6.07) is 8.09. The number of piperazine rings is 1. The van der Waals surface area contributed by atoms with Gasteiger partial charge in [-0.2, -0.15) is 0 Å². The second kappa shape index (κ2) is 7.52. The normalized spacial score (nSPS) is 15.2. The molecule has 0 atom stereocenters. The first-order valence-electron chi connectivity index (χ1n) is 8.45. The minimum atomic E-state index is -0.409. The van der Waals surface area contributed by atoms with Gasteiger partial charge in [0.15, 0.2) is 0 Å². The second-order valence-corrected chi connectivity index (χ2v) is 6.36. The third-order valence-corrected chi connectivity index (χ3v) is 4.70. The number of H-pyrrole nitrogens is 1. The maximum atomic E-state index is 11.7. The molecular formula is C17H21N5O4. The van der Waals surface area contributed by atoms with Gasteiger partial charge in [-0.15, -0.1) is 0 Å². The van der Waals surface area contributed by atoms with E-state index in [0.29, 0.717) is 5.82 Å². The molecule has 9 nitrogen and oxygen atoms in total. The van der Waals surface area contributed by atoms with E-state index in [2.05, 4.69) is 9.88 Å². The van der Waals surface area contributed by atoms with Gasteiger partial charge in [0.25, 0.3) is 11.2 Å². The summed E-state index contributed by atoms with van der Waals surface area (Å²) in [5, 5.41) is 10.7. The highest BCUT2D eigenvalue weighted by Crippen LogP contribution is 2.14. The molecule has 1 aliphatic heterocycles. The lowest BCUT2D eigenvalue weighted by molar-refractivity contribution is -0.384. The molecule has 0 saturated carbocycles. The van der Waals surface area contributed by atoms with Crippen molar-refractivity contribution in [1.29, 1.82) is 0 Å². The number of nitrogens with one attached hydrogen (secondary N) is 1. The van der Waals surface area contributed by atoms with E-state index in [-0.39, 0.29) is 11.2 Å². The van der Waals surface area contributed by atoms with E-state index < -0.39 is 10.6 Å². The zero-order valence-electron chi connectivity index (χ0n) is 14.6. The molecule has 1 aliphatic rings. The number of rotatable bonds is 5. The number of aromatic nitrogens is 2. The van der Waals surface area contributed by atoms with Crippen molar-refractivity contribution in [2.24, 2.45) is 7.05 Å². The smallest absolute Gasteiger partial charge is 0.329 e. The first-order chi connectivity index (χ1) is 12.4. The summed E-state index contributed by atoms with van der Waals surface area (Å²) >= 11 is 0. The minimum absolute atomic E-state index is 0.103. The summed E-state index contributed by atoms with van der Waals surface area (Å²) in [4.78, 5) is 40.2. The Kier molecular flexibility index (Phi) is 5.17. The molecule has 2 heterocycles. The fourth-order valence-corrected chi connectivity index (χ4v) is 3.12.